The molecule has 31 heavy (non-hydrogen) atoms. The first kappa shape index (κ1) is 28.3. The first-order valence-corrected chi connectivity index (χ1v) is 11.1. The van der Waals surface area contributed by atoms with E-state index in [1.165, 1.54) is 12.1 Å². The summed E-state index contributed by atoms with van der Waals surface area (Å²) in [5.41, 5.74) is 2.10. The van der Waals surface area contributed by atoms with Crippen LogP contribution in [0.15, 0.2) is 42.5 Å². The van der Waals surface area contributed by atoms with Crippen molar-refractivity contribution in [3.63, 3.8) is 0 Å². The Labute approximate surface area is 221 Å². The van der Waals surface area contributed by atoms with E-state index in [1.54, 1.807) is 12.1 Å². The van der Waals surface area contributed by atoms with E-state index < -0.39 is 3.93 Å². The second kappa shape index (κ2) is 13.1. The number of rotatable bonds is 7. The largest absolute Gasteiger partial charge is 2.00 e. The van der Waals surface area contributed by atoms with Gasteiger partial charge in [0.25, 0.3) is 3.93 Å². The fourth-order valence-corrected chi connectivity index (χ4v) is 3.13. The minimum Gasteiger partial charge on any atom is -0.494 e. The molecule has 0 saturated carbocycles. The molecule has 0 fully saturated rings. The summed E-state index contributed by atoms with van der Waals surface area (Å²) < 4.78 is 30.1. The second-order valence-electron chi connectivity index (χ2n) is 8.00. The van der Waals surface area contributed by atoms with Crippen molar-refractivity contribution < 1.29 is 44.6 Å². The summed E-state index contributed by atoms with van der Waals surface area (Å²) in [5, 5.41) is 0. The van der Waals surface area contributed by atoms with Gasteiger partial charge in [-0.05, 0) is 58.8 Å². The van der Waals surface area contributed by atoms with Crippen molar-refractivity contribution in [3.8, 4) is 5.75 Å². The van der Waals surface area contributed by atoms with Gasteiger partial charge in [-0.3, -0.25) is 4.98 Å². The van der Waals surface area contributed by atoms with Crippen molar-refractivity contribution in [2.45, 2.75) is 44.6 Å². The van der Waals surface area contributed by atoms with Crippen LogP contribution in [0.1, 0.15) is 45.5 Å². The number of benzene rings is 2. The Hall–Kier alpha value is -0.778. The van der Waals surface area contributed by atoms with Crippen LogP contribution in [-0.2, 0) is 10.5 Å². The van der Waals surface area contributed by atoms with E-state index in [2.05, 4.69) is 56.3 Å². The van der Waals surface area contributed by atoms with Gasteiger partial charge in [-0.15, -0.1) is 0 Å². The van der Waals surface area contributed by atoms with E-state index in [4.69, 9.17) is 4.74 Å². The number of nitrogens with zero attached hydrogens (tertiary/aromatic N) is 2. The van der Waals surface area contributed by atoms with Crippen LogP contribution in [0.2, 0.25) is 0 Å². The number of fused-ring (bicyclic) bond motifs is 1. The Bertz CT molecular complexity index is 924. The van der Waals surface area contributed by atoms with Crippen LogP contribution in [0.3, 0.4) is 0 Å². The molecule has 0 aliphatic rings. The molecule has 0 aliphatic carbocycles. The molecular formula is C24H29F2IN2OU. The number of halogens is 3. The number of hydrogen-bond acceptors (Lipinski definition) is 2. The van der Waals surface area contributed by atoms with Gasteiger partial charge in [-0.2, -0.15) is 30.3 Å². The third-order valence-electron chi connectivity index (χ3n) is 4.34. The second-order valence-corrected chi connectivity index (χ2v) is 9.36. The van der Waals surface area contributed by atoms with Crippen molar-refractivity contribution in [3.05, 3.63) is 66.8 Å². The van der Waals surface area contributed by atoms with Crippen LogP contribution in [0.4, 0.5) is 8.78 Å². The zero-order valence-corrected chi connectivity index (χ0v) is 24.8. The number of alkyl halides is 3. The van der Waals surface area contributed by atoms with Crippen LogP contribution in [-0.4, -0.2) is 16.2 Å². The normalized spacial score (nSPS) is 11.3. The van der Waals surface area contributed by atoms with Gasteiger partial charge in [0.15, 0.2) is 0 Å². The molecule has 3 rings (SSSR count). The van der Waals surface area contributed by atoms with Crippen molar-refractivity contribution in [1.82, 2.24) is 9.55 Å². The molecule has 0 amide bonds. The molecule has 2 aromatic carbocycles. The molecule has 7 heteroatoms. The summed E-state index contributed by atoms with van der Waals surface area (Å²) >= 11 is 1.09. The summed E-state index contributed by atoms with van der Waals surface area (Å²) in [6.07, 6.45) is 1.07. The Balaban J connectivity index is 0.000000370. The SMILES string of the molecule is FC(F)(I)c1c[c-]ccc1.[CH2-]c1nc2ccc(OCCC(C)C)cc2n1CC(C)C.[U+2]. The molecule has 0 unspecified atom stereocenters. The van der Waals surface area contributed by atoms with E-state index in [1.807, 2.05) is 12.1 Å². The first-order valence-electron chi connectivity index (χ1n) is 10.1. The average molecular weight is 764 g/mol. The van der Waals surface area contributed by atoms with Crippen LogP contribution in [0.25, 0.3) is 11.0 Å². The van der Waals surface area contributed by atoms with Gasteiger partial charge in [-0.25, -0.2) is 8.78 Å². The smallest absolute Gasteiger partial charge is 0.494 e. The van der Waals surface area contributed by atoms with Crippen molar-refractivity contribution in [1.29, 1.82) is 0 Å². The molecule has 3 nitrogen and oxygen atoms in total. The van der Waals surface area contributed by atoms with Gasteiger partial charge in [-0.1, -0.05) is 33.3 Å². The minimum atomic E-state index is -2.77. The average Bonchev–Trinajstić information content (AvgIpc) is 2.97. The van der Waals surface area contributed by atoms with E-state index in [0.29, 0.717) is 11.8 Å². The van der Waals surface area contributed by atoms with Gasteiger partial charge < -0.3 is 16.2 Å². The van der Waals surface area contributed by atoms with Crippen molar-refractivity contribution in [2.24, 2.45) is 11.8 Å². The molecule has 1 aromatic heterocycles. The summed E-state index contributed by atoms with van der Waals surface area (Å²) in [6.45, 7) is 14.6. The molecule has 3 aromatic rings. The van der Waals surface area contributed by atoms with Gasteiger partial charge in [0.1, 0.15) is 5.75 Å². The molecular weight excluding hydrogens is 735 g/mol. The Morgan fingerprint density at radius 3 is 2.42 bits per heavy atom. The Kier molecular flexibility index (Phi) is 11.9. The third-order valence-corrected chi connectivity index (χ3v) is 4.97. The van der Waals surface area contributed by atoms with Gasteiger partial charge in [0.2, 0.25) is 0 Å². The molecule has 0 N–H and O–H groups in total. The summed E-state index contributed by atoms with van der Waals surface area (Å²) in [4.78, 5) is 4.51. The molecule has 0 bridgehead atoms. The van der Waals surface area contributed by atoms with Crippen molar-refractivity contribution in [2.75, 3.05) is 6.61 Å². The maximum absolute atomic E-state index is 12.4. The van der Waals surface area contributed by atoms with E-state index in [-0.39, 0.29) is 36.7 Å². The fourth-order valence-electron chi connectivity index (χ4n) is 2.79. The summed E-state index contributed by atoms with van der Waals surface area (Å²) in [7, 11) is 0. The van der Waals surface area contributed by atoms with Crippen LogP contribution in [0, 0.1) is 55.9 Å². The molecule has 0 spiro atoms. The zero-order valence-electron chi connectivity index (χ0n) is 18.5. The minimum absolute atomic E-state index is 0. The quantitative estimate of drug-likeness (QED) is 0.144. The topological polar surface area (TPSA) is 27.1 Å². The maximum atomic E-state index is 12.4. The summed E-state index contributed by atoms with van der Waals surface area (Å²) in [6, 6.07) is 14.5. The van der Waals surface area contributed by atoms with Gasteiger partial charge in [0.05, 0.1) is 17.6 Å². The molecule has 1 heterocycles. The van der Waals surface area contributed by atoms with Gasteiger partial charge in [0, 0.05) is 12.6 Å². The Morgan fingerprint density at radius 2 is 1.90 bits per heavy atom. The Morgan fingerprint density at radius 1 is 1.19 bits per heavy atom. The van der Waals surface area contributed by atoms with E-state index in [0.717, 1.165) is 64.8 Å². The molecule has 0 aliphatic heterocycles. The van der Waals surface area contributed by atoms with Crippen LogP contribution < -0.4 is 4.74 Å². The molecule has 0 atom stereocenters. The number of aromatic nitrogens is 2. The predicted octanol–water partition coefficient (Wildman–Crippen LogP) is 7.27. The number of ether oxygens (including phenoxy) is 1. The van der Waals surface area contributed by atoms with Crippen LogP contribution in [0.5, 0.6) is 5.75 Å². The molecule has 166 valence electrons. The maximum Gasteiger partial charge on any atom is 2.00 e. The molecule has 0 saturated heterocycles. The monoisotopic (exact) mass is 764 g/mol. The first-order chi connectivity index (χ1) is 14.1. The number of imidazole rings is 1. The third kappa shape index (κ3) is 9.31. The molecule has 0 radical (unpaired) electrons. The number of hydrogen-bond donors (Lipinski definition) is 0. The zero-order chi connectivity index (χ0) is 22.3. The van der Waals surface area contributed by atoms with E-state index in [9.17, 15) is 8.78 Å². The van der Waals surface area contributed by atoms with Crippen molar-refractivity contribution >= 4 is 33.6 Å². The summed E-state index contributed by atoms with van der Waals surface area (Å²) in [5.74, 6) is 2.98. The predicted molar refractivity (Wildman–Crippen MR) is 127 cm³/mol. The van der Waals surface area contributed by atoms with E-state index >= 15 is 0 Å². The van der Waals surface area contributed by atoms with Crippen LogP contribution >= 0.6 is 22.6 Å². The van der Waals surface area contributed by atoms with Gasteiger partial charge >= 0.3 is 31.1 Å². The fraction of sp³-hybridized carbons (Fsp3) is 0.417. The standard InChI is InChI=1S/C17H25N2O.C7H4F2I.U/c1-12(2)8-9-20-15-6-7-16-17(10-15)19(11-13(3)4)14(5)18-16;8-7(9,10)6-4-2-1-3-5-6;/h6-7,10,12-13H,5,8-9,11H2,1-4H3;1-2,4-5H;/q2*-1;+2.